The van der Waals surface area contributed by atoms with Crippen LogP contribution in [-0.4, -0.2) is 57.1 Å². The Labute approximate surface area is 117 Å². The van der Waals surface area contributed by atoms with Crippen molar-refractivity contribution in [3.63, 3.8) is 0 Å². The molecular formula is C13H19N5O2. The van der Waals surface area contributed by atoms with Gasteiger partial charge in [-0.2, -0.15) is 14.6 Å². The molecule has 0 radical (unpaired) electrons. The minimum absolute atomic E-state index is 0.536. The molecule has 1 aliphatic heterocycles. The fraction of sp³-hybridized carbons (Fsp3) is 0.615. The van der Waals surface area contributed by atoms with Crippen molar-refractivity contribution in [2.45, 2.75) is 25.4 Å². The molecule has 3 heterocycles. The topological polar surface area (TPSA) is 75.8 Å². The van der Waals surface area contributed by atoms with Crippen LogP contribution in [0, 0.1) is 6.92 Å². The van der Waals surface area contributed by atoms with E-state index in [1.165, 1.54) is 6.33 Å². The number of aliphatic hydroxyl groups is 1. The highest BCUT2D eigenvalue weighted by Crippen LogP contribution is 2.24. The molecule has 1 saturated heterocycles. The lowest BCUT2D eigenvalue weighted by Gasteiger charge is -2.36. The molecular weight excluding hydrogens is 258 g/mol. The molecule has 108 valence electrons. The highest BCUT2D eigenvalue weighted by atomic mass is 16.5. The maximum atomic E-state index is 10.6. The average molecular weight is 277 g/mol. The second-order valence-corrected chi connectivity index (χ2v) is 5.42. The highest BCUT2D eigenvalue weighted by Gasteiger charge is 2.31. The van der Waals surface area contributed by atoms with Gasteiger partial charge in [-0.3, -0.25) is 0 Å². The average Bonchev–Trinajstić information content (AvgIpc) is 2.85. The molecule has 1 N–H and O–H groups in total. The van der Waals surface area contributed by atoms with E-state index in [1.54, 1.807) is 4.52 Å². The van der Waals surface area contributed by atoms with Crippen LogP contribution in [0.25, 0.3) is 5.78 Å². The summed E-state index contributed by atoms with van der Waals surface area (Å²) in [5.41, 5.74) is 0.170. The van der Waals surface area contributed by atoms with Gasteiger partial charge < -0.3 is 14.7 Å². The number of anilines is 1. The lowest BCUT2D eigenvalue weighted by molar-refractivity contribution is -0.0573. The van der Waals surface area contributed by atoms with E-state index in [0.717, 1.165) is 11.5 Å². The van der Waals surface area contributed by atoms with E-state index in [-0.39, 0.29) is 0 Å². The zero-order valence-corrected chi connectivity index (χ0v) is 11.8. The molecule has 1 aliphatic rings. The number of hydrogen-bond acceptors (Lipinski definition) is 6. The first-order valence-corrected chi connectivity index (χ1v) is 6.76. The summed E-state index contributed by atoms with van der Waals surface area (Å²) in [5, 5.41) is 14.8. The van der Waals surface area contributed by atoms with Gasteiger partial charge in [0.05, 0.1) is 5.60 Å². The second kappa shape index (κ2) is 4.99. The van der Waals surface area contributed by atoms with Gasteiger partial charge >= 0.3 is 0 Å². The lowest BCUT2D eigenvalue weighted by atomic mass is 9.94. The zero-order chi connectivity index (χ0) is 14.2. The van der Waals surface area contributed by atoms with Gasteiger partial charge in [0.1, 0.15) is 12.1 Å². The number of rotatable bonds is 3. The Kier molecular flexibility index (Phi) is 3.31. The highest BCUT2D eigenvalue weighted by molar-refractivity contribution is 5.46. The fourth-order valence-electron chi connectivity index (χ4n) is 2.62. The Bertz CT molecular complexity index is 606. The minimum atomic E-state index is -0.711. The summed E-state index contributed by atoms with van der Waals surface area (Å²) in [7, 11) is 1.95. The van der Waals surface area contributed by atoms with Gasteiger partial charge in [0.15, 0.2) is 0 Å². The van der Waals surface area contributed by atoms with Crippen LogP contribution >= 0.6 is 0 Å². The van der Waals surface area contributed by atoms with Crippen LogP contribution < -0.4 is 4.90 Å². The lowest BCUT2D eigenvalue weighted by Crippen LogP contribution is -2.46. The molecule has 0 saturated carbocycles. The molecule has 0 atom stereocenters. The van der Waals surface area contributed by atoms with Gasteiger partial charge in [0, 0.05) is 51.4 Å². The molecule has 1 fully saturated rings. The molecule has 7 heteroatoms. The van der Waals surface area contributed by atoms with E-state index >= 15 is 0 Å². The van der Waals surface area contributed by atoms with E-state index in [9.17, 15) is 5.11 Å². The first-order valence-electron chi connectivity index (χ1n) is 6.76. The summed E-state index contributed by atoms with van der Waals surface area (Å²) in [6, 6.07) is 1.95. The van der Waals surface area contributed by atoms with Crippen molar-refractivity contribution in [3.05, 3.63) is 18.1 Å². The van der Waals surface area contributed by atoms with Gasteiger partial charge in [-0.15, -0.1) is 0 Å². The molecule has 7 nitrogen and oxygen atoms in total. The Morgan fingerprint density at radius 1 is 1.45 bits per heavy atom. The molecule has 0 amide bonds. The van der Waals surface area contributed by atoms with Gasteiger partial charge in [-0.1, -0.05) is 0 Å². The maximum Gasteiger partial charge on any atom is 0.254 e. The number of nitrogens with zero attached hydrogens (tertiary/aromatic N) is 5. The molecule has 2 aromatic rings. The predicted octanol–water partition coefficient (Wildman–Crippen LogP) is 0.410. The van der Waals surface area contributed by atoms with Crippen molar-refractivity contribution in [1.29, 1.82) is 0 Å². The van der Waals surface area contributed by atoms with Crippen molar-refractivity contribution in [2.24, 2.45) is 0 Å². The van der Waals surface area contributed by atoms with Gasteiger partial charge in [-0.05, 0) is 6.92 Å². The summed E-state index contributed by atoms with van der Waals surface area (Å²) in [6.07, 6.45) is 2.80. The fourth-order valence-corrected chi connectivity index (χ4v) is 2.62. The van der Waals surface area contributed by atoms with Crippen LogP contribution in [0.2, 0.25) is 0 Å². The number of aryl methyl sites for hydroxylation is 1. The first-order chi connectivity index (χ1) is 9.57. The minimum Gasteiger partial charge on any atom is -0.388 e. The zero-order valence-electron chi connectivity index (χ0n) is 11.8. The van der Waals surface area contributed by atoms with E-state index < -0.39 is 5.60 Å². The number of hydrogen-bond donors (Lipinski definition) is 1. The second-order valence-electron chi connectivity index (χ2n) is 5.42. The summed E-state index contributed by atoms with van der Waals surface area (Å²) in [6.45, 7) is 3.68. The molecule has 0 aliphatic carbocycles. The summed E-state index contributed by atoms with van der Waals surface area (Å²) in [4.78, 5) is 10.4. The predicted molar refractivity (Wildman–Crippen MR) is 73.8 cm³/mol. The van der Waals surface area contributed by atoms with Gasteiger partial charge in [-0.25, -0.2) is 4.98 Å². The number of fused-ring (bicyclic) bond motifs is 1. The van der Waals surface area contributed by atoms with Crippen LogP contribution in [0.1, 0.15) is 18.5 Å². The number of likely N-dealkylation sites (N-methyl/N-ethyl adjacent to an activating group) is 1. The van der Waals surface area contributed by atoms with Crippen molar-refractivity contribution >= 4 is 11.6 Å². The normalized spacial score (nSPS) is 18.4. The Morgan fingerprint density at radius 3 is 2.95 bits per heavy atom. The summed E-state index contributed by atoms with van der Waals surface area (Å²) >= 11 is 0. The van der Waals surface area contributed by atoms with E-state index in [2.05, 4.69) is 15.1 Å². The monoisotopic (exact) mass is 277 g/mol. The standard InChI is InChI=1S/C13H19N5O2/c1-10-7-11(18-12(16-10)14-9-15-18)17(2)8-13(19)3-5-20-6-4-13/h7,9,19H,3-6,8H2,1-2H3. The van der Waals surface area contributed by atoms with Crippen molar-refractivity contribution in [3.8, 4) is 0 Å². The van der Waals surface area contributed by atoms with Gasteiger partial charge in [0.2, 0.25) is 0 Å². The Morgan fingerprint density at radius 2 is 2.20 bits per heavy atom. The molecule has 0 aromatic carbocycles. The smallest absolute Gasteiger partial charge is 0.254 e. The van der Waals surface area contributed by atoms with E-state index in [4.69, 9.17) is 4.74 Å². The third kappa shape index (κ3) is 2.46. The van der Waals surface area contributed by atoms with Crippen LogP contribution in [0.5, 0.6) is 0 Å². The van der Waals surface area contributed by atoms with Crippen LogP contribution in [0.15, 0.2) is 12.4 Å². The van der Waals surface area contributed by atoms with E-state index in [0.29, 0.717) is 38.4 Å². The third-order valence-corrected chi connectivity index (χ3v) is 3.71. The molecule has 0 spiro atoms. The Balaban J connectivity index is 1.88. The van der Waals surface area contributed by atoms with E-state index in [1.807, 2.05) is 24.9 Å². The number of ether oxygens (including phenoxy) is 1. The van der Waals surface area contributed by atoms with Crippen molar-refractivity contribution in [1.82, 2.24) is 19.6 Å². The van der Waals surface area contributed by atoms with Crippen LogP contribution in [-0.2, 0) is 4.74 Å². The van der Waals surface area contributed by atoms with Crippen molar-refractivity contribution < 1.29 is 9.84 Å². The Hall–Kier alpha value is -1.73. The largest absolute Gasteiger partial charge is 0.388 e. The number of aromatic nitrogens is 4. The first kappa shape index (κ1) is 13.3. The summed E-state index contributed by atoms with van der Waals surface area (Å²) in [5.74, 6) is 1.45. The molecule has 0 bridgehead atoms. The molecule has 0 unspecified atom stereocenters. The molecule has 3 rings (SSSR count). The maximum absolute atomic E-state index is 10.6. The SMILES string of the molecule is Cc1cc(N(C)CC2(O)CCOCC2)n2ncnc2n1. The third-order valence-electron chi connectivity index (χ3n) is 3.71. The van der Waals surface area contributed by atoms with Crippen molar-refractivity contribution in [2.75, 3.05) is 31.7 Å². The molecule has 20 heavy (non-hydrogen) atoms. The summed E-state index contributed by atoms with van der Waals surface area (Å²) < 4.78 is 7.00. The van der Waals surface area contributed by atoms with Crippen LogP contribution in [0.4, 0.5) is 5.82 Å². The van der Waals surface area contributed by atoms with Crippen LogP contribution in [0.3, 0.4) is 0 Å². The molecule has 2 aromatic heterocycles. The van der Waals surface area contributed by atoms with Gasteiger partial charge in [0.25, 0.3) is 5.78 Å². The quantitative estimate of drug-likeness (QED) is 0.876.